The van der Waals surface area contributed by atoms with Gasteiger partial charge in [0, 0.05) is 16.8 Å². The van der Waals surface area contributed by atoms with Crippen molar-refractivity contribution < 1.29 is 4.79 Å². The number of halogens is 1. The lowest BCUT2D eigenvalue weighted by Crippen LogP contribution is -1.93. The van der Waals surface area contributed by atoms with Gasteiger partial charge >= 0.3 is 0 Å². The van der Waals surface area contributed by atoms with E-state index in [2.05, 4.69) is 5.10 Å². The molecule has 3 rings (SSSR count). The lowest BCUT2D eigenvalue weighted by molar-refractivity contribution is 0.108. The number of thioether (sulfide) groups is 2. The number of pyridine rings is 1. The smallest absolute Gasteiger partial charge is 0.224 e. The first kappa shape index (κ1) is 14.5. The third-order valence-corrected chi connectivity index (χ3v) is 5.01. The van der Waals surface area contributed by atoms with Gasteiger partial charge in [-0.1, -0.05) is 17.7 Å². The first-order valence-corrected chi connectivity index (χ1v) is 8.60. The molecule has 1 aromatic carbocycles. The maximum Gasteiger partial charge on any atom is 0.224 e. The summed E-state index contributed by atoms with van der Waals surface area (Å²) in [4.78, 5) is 13.3. The van der Waals surface area contributed by atoms with Crippen molar-refractivity contribution >= 4 is 45.8 Å². The molecule has 0 fully saturated rings. The van der Waals surface area contributed by atoms with Crippen LogP contribution in [0.25, 0.3) is 5.52 Å². The summed E-state index contributed by atoms with van der Waals surface area (Å²) in [6.45, 7) is 0. The standard InChI is InChI=1S/C15H11ClN2OS2/c1-20-14-13(12-4-2-3-9-18(12)17-14)21-15(19)10-5-7-11(16)8-6-10/h2-9H,1H3. The molecule has 0 aliphatic heterocycles. The number of aromatic nitrogens is 2. The zero-order valence-corrected chi connectivity index (χ0v) is 13.5. The summed E-state index contributed by atoms with van der Waals surface area (Å²) in [5.41, 5.74) is 1.57. The minimum absolute atomic E-state index is 0.0132. The van der Waals surface area contributed by atoms with Crippen molar-refractivity contribution in [3.8, 4) is 0 Å². The molecule has 0 atom stereocenters. The van der Waals surface area contributed by atoms with Gasteiger partial charge in [0.15, 0.2) is 0 Å². The Labute approximate surface area is 135 Å². The zero-order valence-electron chi connectivity index (χ0n) is 11.1. The second kappa shape index (κ2) is 6.13. The van der Waals surface area contributed by atoms with Crippen LogP contribution in [0.4, 0.5) is 0 Å². The number of carbonyl (C=O) groups excluding carboxylic acids is 1. The van der Waals surface area contributed by atoms with Crippen LogP contribution in [0.15, 0.2) is 58.6 Å². The Morgan fingerprint density at radius 2 is 1.95 bits per heavy atom. The largest absolute Gasteiger partial charge is 0.281 e. The van der Waals surface area contributed by atoms with Gasteiger partial charge in [-0.15, -0.1) is 11.8 Å². The monoisotopic (exact) mass is 334 g/mol. The Kier molecular flexibility index (Phi) is 4.24. The van der Waals surface area contributed by atoms with E-state index in [0.29, 0.717) is 10.6 Å². The second-order valence-corrected chi connectivity index (χ2v) is 6.48. The Bertz CT molecular complexity index is 799. The molecule has 3 aromatic rings. The molecule has 0 bridgehead atoms. The molecule has 0 saturated heterocycles. The van der Waals surface area contributed by atoms with E-state index in [1.54, 1.807) is 28.8 Å². The van der Waals surface area contributed by atoms with Crippen LogP contribution in [-0.2, 0) is 0 Å². The van der Waals surface area contributed by atoms with Gasteiger partial charge in [0.25, 0.3) is 0 Å². The van der Waals surface area contributed by atoms with E-state index >= 15 is 0 Å². The molecule has 0 amide bonds. The van der Waals surface area contributed by atoms with Gasteiger partial charge < -0.3 is 0 Å². The minimum atomic E-state index is -0.0132. The Hall–Kier alpha value is -1.43. The number of carbonyl (C=O) groups is 1. The maximum absolute atomic E-state index is 12.4. The van der Waals surface area contributed by atoms with Gasteiger partial charge in [0.05, 0.1) is 10.4 Å². The van der Waals surface area contributed by atoms with E-state index in [0.717, 1.165) is 15.4 Å². The van der Waals surface area contributed by atoms with Crippen LogP contribution in [0.3, 0.4) is 0 Å². The fourth-order valence-electron chi connectivity index (χ4n) is 1.92. The summed E-state index contributed by atoms with van der Waals surface area (Å²) in [5.74, 6) is 0. The summed E-state index contributed by atoms with van der Waals surface area (Å²) in [6.07, 6.45) is 3.84. The van der Waals surface area contributed by atoms with E-state index in [-0.39, 0.29) is 5.12 Å². The molecule has 0 spiro atoms. The van der Waals surface area contributed by atoms with E-state index in [4.69, 9.17) is 11.6 Å². The zero-order chi connectivity index (χ0) is 14.8. The number of hydrogen-bond donors (Lipinski definition) is 0. The van der Waals surface area contributed by atoms with Crippen LogP contribution >= 0.6 is 35.1 Å². The molecule has 2 heterocycles. The molecule has 6 heteroatoms. The van der Waals surface area contributed by atoms with E-state index in [1.165, 1.54) is 23.5 Å². The van der Waals surface area contributed by atoms with Crippen molar-refractivity contribution in [1.82, 2.24) is 9.61 Å². The van der Waals surface area contributed by atoms with Gasteiger partial charge in [-0.25, -0.2) is 4.52 Å². The molecule has 3 nitrogen and oxygen atoms in total. The topological polar surface area (TPSA) is 34.4 Å². The van der Waals surface area contributed by atoms with Crippen molar-refractivity contribution in [2.45, 2.75) is 9.92 Å². The van der Waals surface area contributed by atoms with Crippen molar-refractivity contribution in [3.05, 3.63) is 59.2 Å². The molecular formula is C15H11ClN2OS2. The van der Waals surface area contributed by atoms with Gasteiger partial charge in [0.2, 0.25) is 5.12 Å². The van der Waals surface area contributed by atoms with E-state index in [1.807, 2.05) is 30.7 Å². The van der Waals surface area contributed by atoms with Crippen LogP contribution in [0, 0.1) is 0 Å². The van der Waals surface area contributed by atoms with Crippen LogP contribution in [0.5, 0.6) is 0 Å². The summed E-state index contributed by atoms with van der Waals surface area (Å²) >= 11 is 8.59. The third kappa shape index (κ3) is 2.95. The average molecular weight is 335 g/mol. The molecule has 106 valence electrons. The van der Waals surface area contributed by atoms with Crippen molar-refractivity contribution in [3.63, 3.8) is 0 Å². The first-order valence-electron chi connectivity index (χ1n) is 6.18. The number of nitrogens with zero attached hydrogens (tertiary/aromatic N) is 2. The number of hydrogen-bond acceptors (Lipinski definition) is 4. The fourth-order valence-corrected chi connectivity index (χ4v) is 3.72. The summed E-state index contributed by atoms with van der Waals surface area (Å²) in [7, 11) is 0. The number of rotatable bonds is 3. The molecule has 0 unspecified atom stereocenters. The van der Waals surface area contributed by atoms with Crippen LogP contribution in [0.1, 0.15) is 10.4 Å². The Balaban J connectivity index is 1.97. The van der Waals surface area contributed by atoms with E-state index < -0.39 is 0 Å². The van der Waals surface area contributed by atoms with Gasteiger partial charge in [0.1, 0.15) is 5.03 Å². The lowest BCUT2D eigenvalue weighted by atomic mass is 10.2. The third-order valence-electron chi connectivity index (χ3n) is 2.93. The molecule has 0 aliphatic rings. The fraction of sp³-hybridized carbons (Fsp3) is 0.0667. The minimum Gasteiger partial charge on any atom is -0.281 e. The molecule has 21 heavy (non-hydrogen) atoms. The number of fused-ring (bicyclic) bond motifs is 1. The molecule has 0 radical (unpaired) electrons. The Morgan fingerprint density at radius 1 is 1.19 bits per heavy atom. The molecule has 2 aromatic heterocycles. The molecule has 0 saturated carbocycles. The predicted octanol–water partition coefficient (Wildman–Crippen LogP) is 4.64. The van der Waals surface area contributed by atoms with Crippen LogP contribution in [0.2, 0.25) is 5.02 Å². The first-order chi connectivity index (χ1) is 10.2. The summed E-state index contributed by atoms with van der Waals surface area (Å²) < 4.78 is 1.79. The Morgan fingerprint density at radius 3 is 2.67 bits per heavy atom. The summed E-state index contributed by atoms with van der Waals surface area (Å²) in [6, 6.07) is 12.7. The van der Waals surface area contributed by atoms with Crippen molar-refractivity contribution in [2.75, 3.05) is 6.26 Å². The summed E-state index contributed by atoms with van der Waals surface area (Å²) in [5, 5.41) is 5.94. The average Bonchev–Trinajstić information content (AvgIpc) is 2.86. The predicted molar refractivity (Wildman–Crippen MR) is 88.6 cm³/mol. The highest BCUT2D eigenvalue weighted by atomic mass is 35.5. The highest BCUT2D eigenvalue weighted by Crippen LogP contribution is 2.34. The van der Waals surface area contributed by atoms with Crippen molar-refractivity contribution in [2.24, 2.45) is 0 Å². The molecular weight excluding hydrogens is 324 g/mol. The highest BCUT2D eigenvalue weighted by molar-refractivity contribution is 8.14. The molecule has 0 aliphatic carbocycles. The maximum atomic E-state index is 12.4. The molecule has 0 N–H and O–H groups in total. The normalized spacial score (nSPS) is 11.0. The van der Waals surface area contributed by atoms with E-state index in [9.17, 15) is 4.79 Å². The van der Waals surface area contributed by atoms with Gasteiger partial charge in [-0.3, -0.25) is 4.79 Å². The van der Waals surface area contributed by atoms with Gasteiger partial charge in [-0.2, -0.15) is 5.10 Å². The van der Waals surface area contributed by atoms with Crippen LogP contribution in [-0.4, -0.2) is 21.0 Å². The number of benzene rings is 1. The SMILES string of the molecule is CSc1nn2ccccc2c1SC(=O)c1ccc(Cl)cc1. The second-order valence-electron chi connectivity index (χ2n) is 4.27. The van der Waals surface area contributed by atoms with Gasteiger partial charge in [-0.05, 0) is 54.4 Å². The highest BCUT2D eigenvalue weighted by Gasteiger charge is 2.17. The lowest BCUT2D eigenvalue weighted by Gasteiger charge is -2.01. The van der Waals surface area contributed by atoms with Crippen LogP contribution < -0.4 is 0 Å². The van der Waals surface area contributed by atoms with Crippen molar-refractivity contribution in [1.29, 1.82) is 0 Å². The quantitative estimate of drug-likeness (QED) is 0.653.